The lowest BCUT2D eigenvalue weighted by Crippen LogP contribution is -2.51. The molecule has 1 atom stereocenters. The highest BCUT2D eigenvalue weighted by atomic mass is 35.5. The van der Waals surface area contributed by atoms with Crippen LogP contribution in [-0.2, 0) is 11.2 Å². The average Bonchev–Trinajstić information content (AvgIpc) is 2.41. The van der Waals surface area contributed by atoms with Gasteiger partial charge in [-0.2, -0.15) is 0 Å². The monoisotopic (exact) mass is 282 g/mol. The van der Waals surface area contributed by atoms with Gasteiger partial charge in [0.1, 0.15) is 5.75 Å². The van der Waals surface area contributed by atoms with E-state index >= 15 is 0 Å². The number of benzene rings is 1. The number of hydrogen-bond acceptors (Lipinski definition) is 3. The van der Waals surface area contributed by atoms with E-state index in [0.717, 1.165) is 25.2 Å². The Labute approximate surface area is 118 Å². The number of amides is 1. The lowest BCUT2D eigenvalue weighted by atomic mass is 10.1. The molecule has 1 amide bonds. The average molecular weight is 283 g/mol. The van der Waals surface area contributed by atoms with Crippen LogP contribution >= 0.6 is 11.6 Å². The highest BCUT2D eigenvalue weighted by Crippen LogP contribution is 2.23. The molecule has 0 bridgehead atoms. The fourth-order valence-corrected chi connectivity index (χ4v) is 2.47. The summed E-state index contributed by atoms with van der Waals surface area (Å²) < 4.78 is 5.10. The fourth-order valence-electron chi connectivity index (χ4n) is 2.23. The Morgan fingerprint density at radius 3 is 3.00 bits per heavy atom. The number of hydrogen-bond donors (Lipinski definition) is 1. The Morgan fingerprint density at radius 2 is 2.37 bits per heavy atom. The maximum atomic E-state index is 12.2. The first-order chi connectivity index (χ1) is 9.10. The Kier molecular flexibility index (Phi) is 4.66. The molecule has 104 valence electrons. The Hall–Kier alpha value is -1.26. The van der Waals surface area contributed by atoms with E-state index in [1.165, 1.54) is 0 Å². The van der Waals surface area contributed by atoms with Crippen LogP contribution in [0, 0.1) is 0 Å². The molecule has 2 rings (SSSR count). The second-order valence-corrected chi connectivity index (χ2v) is 5.24. The summed E-state index contributed by atoms with van der Waals surface area (Å²) in [6, 6.07) is 5.77. The smallest absolute Gasteiger partial charge is 0.227 e. The number of halogens is 1. The van der Waals surface area contributed by atoms with Crippen molar-refractivity contribution in [3.05, 3.63) is 28.8 Å². The molecule has 4 nitrogen and oxygen atoms in total. The van der Waals surface area contributed by atoms with Crippen LogP contribution in [0.2, 0.25) is 5.02 Å². The molecule has 0 spiro atoms. The number of carbonyl (C=O) groups excluding carboxylic acids is 1. The lowest BCUT2D eigenvalue weighted by Gasteiger charge is -2.32. The van der Waals surface area contributed by atoms with Gasteiger partial charge < -0.3 is 15.0 Å². The Morgan fingerprint density at radius 1 is 1.58 bits per heavy atom. The van der Waals surface area contributed by atoms with Gasteiger partial charge in [-0.1, -0.05) is 17.7 Å². The fraction of sp³-hybridized carbons (Fsp3) is 0.500. The van der Waals surface area contributed by atoms with E-state index < -0.39 is 0 Å². The minimum atomic E-state index is 0.125. The zero-order chi connectivity index (χ0) is 13.8. The third kappa shape index (κ3) is 3.61. The molecule has 1 aliphatic heterocycles. The summed E-state index contributed by atoms with van der Waals surface area (Å²) in [5, 5.41) is 3.90. The largest absolute Gasteiger partial charge is 0.497 e. The van der Waals surface area contributed by atoms with Crippen LogP contribution in [0.3, 0.4) is 0 Å². The molecule has 0 radical (unpaired) electrons. The van der Waals surface area contributed by atoms with E-state index in [2.05, 4.69) is 12.2 Å². The lowest BCUT2D eigenvalue weighted by molar-refractivity contribution is -0.131. The van der Waals surface area contributed by atoms with Crippen molar-refractivity contribution in [1.29, 1.82) is 0 Å². The molecule has 0 unspecified atom stereocenters. The van der Waals surface area contributed by atoms with Crippen LogP contribution in [0.5, 0.6) is 5.75 Å². The third-order valence-electron chi connectivity index (χ3n) is 3.32. The number of methoxy groups -OCH3 is 1. The normalized spacial score (nSPS) is 19.3. The molecule has 1 aliphatic rings. The quantitative estimate of drug-likeness (QED) is 0.918. The van der Waals surface area contributed by atoms with Gasteiger partial charge in [0.05, 0.1) is 13.5 Å². The zero-order valence-electron chi connectivity index (χ0n) is 11.3. The SMILES string of the molecule is COc1ccc(CC(=O)N2CCN[C@H](C)C2)c(Cl)c1. The van der Waals surface area contributed by atoms with Gasteiger partial charge in [-0.05, 0) is 24.6 Å². The first-order valence-corrected chi connectivity index (χ1v) is 6.81. The summed E-state index contributed by atoms with van der Waals surface area (Å²) in [7, 11) is 1.60. The summed E-state index contributed by atoms with van der Waals surface area (Å²) in [6.07, 6.45) is 0.343. The van der Waals surface area contributed by atoms with Crippen molar-refractivity contribution < 1.29 is 9.53 Å². The van der Waals surface area contributed by atoms with Gasteiger partial charge in [0.2, 0.25) is 5.91 Å². The molecule has 0 aliphatic carbocycles. The number of nitrogens with one attached hydrogen (secondary N) is 1. The van der Waals surface area contributed by atoms with Crippen molar-refractivity contribution in [3.63, 3.8) is 0 Å². The summed E-state index contributed by atoms with van der Waals surface area (Å²) in [6.45, 7) is 4.45. The van der Waals surface area contributed by atoms with E-state index in [0.29, 0.717) is 23.2 Å². The number of rotatable bonds is 3. The maximum absolute atomic E-state index is 12.2. The summed E-state index contributed by atoms with van der Waals surface area (Å²) in [5.74, 6) is 0.831. The topological polar surface area (TPSA) is 41.6 Å². The minimum Gasteiger partial charge on any atom is -0.497 e. The zero-order valence-corrected chi connectivity index (χ0v) is 12.0. The highest BCUT2D eigenvalue weighted by molar-refractivity contribution is 6.31. The molecule has 1 aromatic carbocycles. The first-order valence-electron chi connectivity index (χ1n) is 6.43. The second-order valence-electron chi connectivity index (χ2n) is 4.83. The van der Waals surface area contributed by atoms with Gasteiger partial charge in [-0.3, -0.25) is 4.79 Å². The van der Waals surface area contributed by atoms with E-state index in [1.54, 1.807) is 13.2 Å². The van der Waals surface area contributed by atoms with Crippen LogP contribution in [0.4, 0.5) is 0 Å². The van der Waals surface area contributed by atoms with Crippen LogP contribution in [-0.4, -0.2) is 43.6 Å². The molecule has 1 heterocycles. The van der Waals surface area contributed by atoms with Gasteiger partial charge in [0.15, 0.2) is 0 Å². The van der Waals surface area contributed by atoms with Crippen molar-refractivity contribution in [2.45, 2.75) is 19.4 Å². The molecule has 1 fully saturated rings. The summed E-state index contributed by atoms with van der Waals surface area (Å²) in [5.41, 5.74) is 0.846. The van der Waals surface area contributed by atoms with Gasteiger partial charge in [0, 0.05) is 30.7 Å². The van der Waals surface area contributed by atoms with Crippen molar-refractivity contribution >= 4 is 17.5 Å². The number of piperazine rings is 1. The van der Waals surface area contributed by atoms with Crippen molar-refractivity contribution in [3.8, 4) is 5.75 Å². The van der Waals surface area contributed by atoms with Crippen molar-refractivity contribution in [2.75, 3.05) is 26.7 Å². The molecule has 0 aromatic heterocycles. The number of nitrogens with zero attached hydrogens (tertiary/aromatic N) is 1. The van der Waals surface area contributed by atoms with E-state index in [4.69, 9.17) is 16.3 Å². The van der Waals surface area contributed by atoms with Gasteiger partial charge in [0.25, 0.3) is 0 Å². The Bertz CT molecular complexity index is 465. The molecule has 5 heteroatoms. The minimum absolute atomic E-state index is 0.125. The molecule has 1 aromatic rings. The molecule has 0 saturated carbocycles. The number of carbonyl (C=O) groups is 1. The first kappa shape index (κ1) is 14.2. The summed E-state index contributed by atoms with van der Waals surface area (Å²) >= 11 is 6.16. The van der Waals surface area contributed by atoms with Crippen LogP contribution in [0.15, 0.2) is 18.2 Å². The molecule has 1 saturated heterocycles. The standard InChI is InChI=1S/C14H19ClN2O2/c1-10-9-17(6-5-16-10)14(18)7-11-3-4-12(19-2)8-13(11)15/h3-4,8,10,16H,5-7,9H2,1-2H3/t10-/m1/s1. The number of ether oxygens (including phenoxy) is 1. The molecule has 1 N–H and O–H groups in total. The molecular weight excluding hydrogens is 264 g/mol. The van der Waals surface area contributed by atoms with Crippen LogP contribution in [0.25, 0.3) is 0 Å². The molecule has 19 heavy (non-hydrogen) atoms. The van der Waals surface area contributed by atoms with Gasteiger partial charge in [-0.25, -0.2) is 0 Å². The van der Waals surface area contributed by atoms with Crippen LogP contribution < -0.4 is 10.1 Å². The van der Waals surface area contributed by atoms with E-state index in [1.807, 2.05) is 17.0 Å². The molecular formula is C14H19ClN2O2. The van der Waals surface area contributed by atoms with Crippen molar-refractivity contribution in [1.82, 2.24) is 10.2 Å². The third-order valence-corrected chi connectivity index (χ3v) is 3.68. The Balaban J connectivity index is 2.02. The van der Waals surface area contributed by atoms with Crippen molar-refractivity contribution in [2.24, 2.45) is 0 Å². The van der Waals surface area contributed by atoms with Gasteiger partial charge in [-0.15, -0.1) is 0 Å². The maximum Gasteiger partial charge on any atom is 0.227 e. The second kappa shape index (κ2) is 6.26. The van der Waals surface area contributed by atoms with E-state index in [9.17, 15) is 4.79 Å². The predicted molar refractivity (Wildman–Crippen MR) is 75.8 cm³/mol. The highest BCUT2D eigenvalue weighted by Gasteiger charge is 2.21. The van der Waals surface area contributed by atoms with E-state index in [-0.39, 0.29) is 5.91 Å². The summed E-state index contributed by atoms with van der Waals surface area (Å²) in [4.78, 5) is 14.1. The predicted octanol–water partition coefficient (Wildman–Crippen LogP) is 1.71. The van der Waals surface area contributed by atoms with Crippen LogP contribution in [0.1, 0.15) is 12.5 Å². The van der Waals surface area contributed by atoms with Gasteiger partial charge >= 0.3 is 0 Å².